The normalized spacial score (nSPS) is 36.9. The molecule has 4 aliphatic carbocycles. The first-order chi connectivity index (χ1) is 14.3. The number of rotatable bonds is 6. The summed E-state index contributed by atoms with van der Waals surface area (Å²) in [4.78, 5) is 45.4. The van der Waals surface area contributed by atoms with Crippen LogP contribution in [-0.2, 0) is 28.7 Å². The number of ether oxygens (including phenoxy) is 2. The van der Waals surface area contributed by atoms with Crippen LogP contribution in [0.5, 0.6) is 0 Å². The summed E-state index contributed by atoms with van der Waals surface area (Å²) >= 11 is 0. The van der Waals surface area contributed by atoms with E-state index in [1.54, 1.807) is 13.8 Å². The van der Waals surface area contributed by atoms with Crippen molar-refractivity contribution in [1.82, 2.24) is 0 Å². The third-order valence-electron chi connectivity index (χ3n) is 6.61. The van der Waals surface area contributed by atoms with Crippen molar-refractivity contribution in [3.63, 3.8) is 0 Å². The molecule has 4 aliphatic rings. The van der Waals surface area contributed by atoms with Gasteiger partial charge in [0, 0.05) is 0 Å². The molecule has 4 rings (SSSR count). The van der Waals surface area contributed by atoms with Gasteiger partial charge < -0.3 is 19.7 Å². The molecule has 0 aromatic rings. The van der Waals surface area contributed by atoms with Gasteiger partial charge in [-0.25, -0.2) is 0 Å². The maximum atomic E-state index is 11.9. The largest absolute Gasteiger partial charge is 0.481 e. The van der Waals surface area contributed by atoms with E-state index in [1.807, 2.05) is 24.3 Å². The lowest BCUT2D eigenvalue weighted by Gasteiger charge is -2.24. The van der Waals surface area contributed by atoms with E-state index >= 15 is 0 Å². The fourth-order valence-corrected chi connectivity index (χ4v) is 5.44. The molecule has 0 saturated heterocycles. The highest BCUT2D eigenvalue weighted by Crippen LogP contribution is 2.49. The van der Waals surface area contributed by atoms with E-state index in [1.165, 1.54) is 0 Å². The minimum Gasteiger partial charge on any atom is -0.481 e. The van der Waals surface area contributed by atoms with Crippen molar-refractivity contribution >= 4 is 23.9 Å². The average molecular weight is 420 g/mol. The van der Waals surface area contributed by atoms with Gasteiger partial charge in [-0.05, 0) is 50.4 Å². The molecule has 0 amide bonds. The zero-order valence-electron chi connectivity index (χ0n) is 17.1. The first-order valence-corrected chi connectivity index (χ1v) is 10.5. The number of allylic oxidation sites excluding steroid dienone is 4. The van der Waals surface area contributed by atoms with Gasteiger partial charge in [0.05, 0.1) is 36.9 Å². The maximum Gasteiger partial charge on any atom is 0.310 e. The fourth-order valence-electron chi connectivity index (χ4n) is 5.44. The monoisotopic (exact) mass is 420 g/mol. The van der Waals surface area contributed by atoms with E-state index in [0.717, 1.165) is 6.42 Å². The molecule has 8 heteroatoms. The Hall–Kier alpha value is -2.64. The van der Waals surface area contributed by atoms with Gasteiger partial charge in [0.15, 0.2) is 0 Å². The average Bonchev–Trinajstić information content (AvgIpc) is 3.47. The number of aliphatic carboxylic acids is 2. The van der Waals surface area contributed by atoms with Crippen LogP contribution in [0.1, 0.15) is 26.7 Å². The third kappa shape index (κ3) is 4.00. The van der Waals surface area contributed by atoms with Crippen LogP contribution in [0, 0.1) is 47.3 Å². The van der Waals surface area contributed by atoms with Crippen molar-refractivity contribution in [2.45, 2.75) is 26.7 Å². The Morgan fingerprint density at radius 3 is 1.23 bits per heavy atom. The zero-order valence-corrected chi connectivity index (χ0v) is 17.1. The highest BCUT2D eigenvalue weighted by molar-refractivity contribution is 5.84. The second-order valence-corrected chi connectivity index (χ2v) is 8.18. The van der Waals surface area contributed by atoms with E-state index in [0.29, 0.717) is 19.6 Å². The summed E-state index contributed by atoms with van der Waals surface area (Å²) in [5, 5.41) is 17.7. The minimum atomic E-state index is -0.982. The van der Waals surface area contributed by atoms with Gasteiger partial charge in [-0.15, -0.1) is 0 Å². The first kappa shape index (κ1) is 22.1. The molecule has 164 valence electrons. The first-order valence-electron chi connectivity index (χ1n) is 10.5. The summed E-state index contributed by atoms with van der Waals surface area (Å²) in [7, 11) is 0. The van der Waals surface area contributed by atoms with Crippen molar-refractivity contribution in [2.24, 2.45) is 47.3 Å². The van der Waals surface area contributed by atoms with Crippen molar-refractivity contribution in [2.75, 3.05) is 13.2 Å². The SMILES string of the molecule is CCOC(=O)C1C2C=CC(C2)C1C(=O)OCC.O=C(O)C1C2C=CC(C2)C1C(=O)O. The molecule has 0 aromatic carbocycles. The number of carboxylic acids is 2. The van der Waals surface area contributed by atoms with Crippen LogP contribution in [0.2, 0.25) is 0 Å². The third-order valence-corrected chi connectivity index (χ3v) is 6.61. The molecule has 0 spiro atoms. The quantitative estimate of drug-likeness (QED) is 0.494. The van der Waals surface area contributed by atoms with Gasteiger partial charge in [-0.3, -0.25) is 19.2 Å². The highest BCUT2D eigenvalue weighted by Gasteiger charge is 2.53. The molecule has 2 fully saturated rings. The molecule has 30 heavy (non-hydrogen) atoms. The Morgan fingerprint density at radius 1 is 0.667 bits per heavy atom. The van der Waals surface area contributed by atoms with Crippen molar-refractivity contribution in [1.29, 1.82) is 0 Å². The van der Waals surface area contributed by atoms with Gasteiger partial charge in [0.2, 0.25) is 0 Å². The molecule has 4 bridgehead atoms. The molecule has 0 heterocycles. The van der Waals surface area contributed by atoms with Gasteiger partial charge in [0.1, 0.15) is 0 Å². The number of hydrogen-bond donors (Lipinski definition) is 2. The fraction of sp³-hybridized carbons (Fsp3) is 0.636. The molecule has 8 nitrogen and oxygen atoms in total. The van der Waals surface area contributed by atoms with Crippen molar-refractivity contribution < 1.29 is 38.9 Å². The van der Waals surface area contributed by atoms with Gasteiger partial charge in [-0.2, -0.15) is 0 Å². The lowest BCUT2D eigenvalue weighted by Crippen LogP contribution is -2.35. The molecule has 2 N–H and O–H groups in total. The number of carboxylic acid groups (broad SMARTS) is 2. The highest BCUT2D eigenvalue weighted by atomic mass is 16.5. The van der Waals surface area contributed by atoms with E-state index in [9.17, 15) is 19.2 Å². The van der Waals surface area contributed by atoms with Gasteiger partial charge in [-0.1, -0.05) is 24.3 Å². The van der Waals surface area contributed by atoms with E-state index in [-0.39, 0.29) is 47.4 Å². The molecular formula is C22H28O8. The smallest absolute Gasteiger partial charge is 0.310 e. The van der Waals surface area contributed by atoms with Crippen LogP contribution in [0.3, 0.4) is 0 Å². The molecule has 0 aliphatic heterocycles. The number of carbonyl (C=O) groups excluding carboxylic acids is 2. The molecule has 8 unspecified atom stereocenters. The molecule has 0 radical (unpaired) electrons. The maximum absolute atomic E-state index is 11.9. The van der Waals surface area contributed by atoms with Crippen molar-refractivity contribution in [3.05, 3.63) is 24.3 Å². The van der Waals surface area contributed by atoms with E-state index < -0.39 is 23.8 Å². The second-order valence-electron chi connectivity index (χ2n) is 8.18. The van der Waals surface area contributed by atoms with E-state index in [2.05, 4.69) is 0 Å². The Labute approximate surface area is 174 Å². The number of esters is 2. The lowest BCUT2D eigenvalue weighted by atomic mass is 9.83. The molecule has 8 atom stereocenters. The molecule has 0 aromatic heterocycles. The van der Waals surface area contributed by atoms with Crippen molar-refractivity contribution in [3.8, 4) is 0 Å². The number of hydrogen-bond acceptors (Lipinski definition) is 6. The summed E-state index contributed by atoms with van der Waals surface area (Å²) in [5.41, 5.74) is 0. The summed E-state index contributed by atoms with van der Waals surface area (Å²) < 4.78 is 10.1. The van der Waals surface area contributed by atoms with Gasteiger partial charge >= 0.3 is 23.9 Å². The predicted molar refractivity (Wildman–Crippen MR) is 104 cm³/mol. The van der Waals surface area contributed by atoms with Crippen LogP contribution < -0.4 is 0 Å². The summed E-state index contributed by atoms with van der Waals surface area (Å²) in [5.74, 6) is -4.44. The zero-order chi connectivity index (χ0) is 22.0. The van der Waals surface area contributed by atoms with Crippen LogP contribution in [0.15, 0.2) is 24.3 Å². The summed E-state index contributed by atoms with van der Waals surface area (Å²) in [6.07, 6.45) is 9.29. The van der Waals surface area contributed by atoms with Crippen LogP contribution in [-0.4, -0.2) is 47.3 Å². The number of carbonyl (C=O) groups is 4. The summed E-state index contributed by atoms with van der Waals surface area (Å²) in [6, 6.07) is 0. The number of fused-ring (bicyclic) bond motifs is 4. The molecular weight excluding hydrogens is 392 g/mol. The Morgan fingerprint density at radius 2 is 0.967 bits per heavy atom. The minimum absolute atomic E-state index is 0.0661. The Kier molecular flexibility index (Phi) is 6.63. The Balaban J connectivity index is 0.000000177. The molecule has 2 saturated carbocycles. The predicted octanol–water partition coefficient (Wildman–Crippen LogP) is 2.14. The van der Waals surface area contributed by atoms with E-state index in [4.69, 9.17) is 19.7 Å². The van der Waals surface area contributed by atoms with Crippen LogP contribution in [0.4, 0.5) is 0 Å². The van der Waals surface area contributed by atoms with Gasteiger partial charge in [0.25, 0.3) is 0 Å². The lowest BCUT2D eigenvalue weighted by molar-refractivity contribution is -0.160. The topological polar surface area (TPSA) is 127 Å². The van der Waals surface area contributed by atoms with Crippen LogP contribution in [0.25, 0.3) is 0 Å². The summed E-state index contributed by atoms with van der Waals surface area (Å²) in [6.45, 7) is 4.26. The second kappa shape index (κ2) is 9.02. The van der Waals surface area contributed by atoms with Crippen LogP contribution >= 0.6 is 0 Å². The standard InChI is InChI=1S/C13H18O4.C9H10O4/c1-3-16-12(14)10-8-5-6-9(7-8)11(10)13(15)17-4-2;10-8(11)6-4-1-2-5(3-4)7(6)9(12)13/h5-6,8-11H,3-4,7H2,1-2H3;1-2,4-7H,3H2,(H,10,11)(H,12,13). The Bertz CT molecular complexity index is 709.